The van der Waals surface area contributed by atoms with Crippen molar-refractivity contribution in [1.29, 1.82) is 5.26 Å². The molecule has 0 spiro atoms. The van der Waals surface area contributed by atoms with Crippen LogP contribution in [0, 0.1) is 11.3 Å². The van der Waals surface area contributed by atoms with E-state index in [9.17, 15) is 4.79 Å². The monoisotopic (exact) mass is 331 g/mol. The van der Waals surface area contributed by atoms with Crippen LogP contribution in [0.25, 0.3) is 0 Å². The molecular weight excluding hydrogens is 322 g/mol. The highest BCUT2D eigenvalue weighted by molar-refractivity contribution is 9.10. The van der Waals surface area contributed by atoms with E-state index in [0.717, 1.165) is 0 Å². The number of hydrogen-bond donors (Lipinski definition) is 3. The maximum Gasteiger partial charge on any atom is 0.259 e. The molecule has 0 unspecified atom stereocenters. The van der Waals surface area contributed by atoms with Crippen LogP contribution in [0.5, 0.6) is 0 Å². The Bertz CT molecular complexity index is 678. The van der Waals surface area contributed by atoms with Crippen LogP contribution in [-0.2, 0) is 0 Å². The van der Waals surface area contributed by atoms with Gasteiger partial charge in [0.15, 0.2) is 5.82 Å². The highest BCUT2D eigenvalue weighted by atomic mass is 79.9. The fraction of sp³-hybridized carbons (Fsp3) is 0. The number of halogens is 1. The van der Waals surface area contributed by atoms with Crippen LogP contribution < -0.4 is 16.6 Å². The first-order valence-corrected chi connectivity index (χ1v) is 6.37. The molecule has 100 valence electrons. The third-order valence-electron chi connectivity index (χ3n) is 2.51. The summed E-state index contributed by atoms with van der Waals surface area (Å²) in [6.45, 7) is 0. The van der Waals surface area contributed by atoms with Crippen molar-refractivity contribution in [3.8, 4) is 6.07 Å². The number of nitrogens with zero attached hydrogens (tertiary/aromatic N) is 2. The summed E-state index contributed by atoms with van der Waals surface area (Å²) in [5, 5.41) is 11.4. The Kier molecular flexibility index (Phi) is 4.30. The number of hydrazine groups is 1. The van der Waals surface area contributed by atoms with Gasteiger partial charge in [0.2, 0.25) is 0 Å². The zero-order valence-corrected chi connectivity index (χ0v) is 11.8. The van der Waals surface area contributed by atoms with Crippen LogP contribution in [0.1, 0.15) is 15.9 Å². The number of hydrogen-bond acceptors (Lipinski definition) is 5. The molecule has 4 N–H and O–H groups in total. The van der Waals surface area contributed by atoms with E-state index in [1.165, 1.54) is 6.20 Å². The van der Waals surface area contributed by atoms with Crippen molar-refractivity contribution < 1.29 is 4.79 Å². The van der Waals surface area contributed by atoms with Crippen LogP contribution in [0.2, 0.25) is 0 Å². The Morgan fingerprint density at radius 3 is 2.65 bits per heavy atom. The van der Waals surface area contributed by atoms with Crippen molar-refractivity contribution in [2.75, 3.05) is 10.7 Å². The third-order valence-corrected chi connectivity index (χ3v) is 2.94. The second kappa shape index (κ2) is 6.14. The average molecular weight is 332 g/mol. The lowest BCUT2D eigenvalue weighted by Crippen LogP contribution is -2.18. The summed E-state index contributed by atoms with van der Waals surface area (Å²) in [6, 6.07) is 10.2. The summed E-state index contributed by atoms with van der Waals surface area (Å²) in [4.78, 5) is 16.2. The largest absolute Gasteiger partial charge is 0.322 e. The van der Waals surface area contributed by atoms with Gasteiger partial charge < -0.3 is 10.7 Å². The van der Waals surface area contributed by atoms with Gasteiger partial charge in [-0.25, -0.2) is 10.8 Å². The lowest BCUT2D eigenvalue weighted by molar-refractivity contribution is 0.102. The Morgan fingerprint density at radius 2 is 2.05 bits per heavy atom. The maximum absolute atomic E-state index is 12.2. The molecule has 0 fully saturated rings. The van der Waals surface area contributed by atoms with Gasteiger partial charge in [-0.05, 0) is 46.3 Å². The minimum absolute atomic E-state index is 0.277. The van der Waals surface area contributed by atoms with E-state index in [0.29, 0.717) is 21.3 Å². The van der Waals surface area contributed by atoms with Crippen molar-refractivity contribution in [1.82, 2.24) is 4.98 Å². The molecule has 1 heterocycles. The first-order valence-electron chi connectivity index (χ1n) is 5.57. The molecule has 0 aliphatic heterocycles. The van der Waals surface area contributed by atoms with Crippen molar-refractivity contribution in [3.63, 3.8) is 0 Å². The minimum Gasteiger partial charge on any atom is -0.322 e. The van der Waals surface area contributed by atoms with Gasteiger partial charge in [0.1, 0.15) is 0 Å². The van der Waals surface area contributed by atoms with Gasteiger partial charge in [-0.15, -0.1) is 0 Å². The molecule has 0 radical (unpaired) electrons. The number of rotatable bonds is 3. The van der Waals surface area contributed by atoms with E-state index in [-0.39, 0.29) is 11.7 Å². The summed E-state index contributed by atoms with van der Waals surface area (Å²) >= 11 is 3.25. The predicted octanol–water partition coefficient (Wildman–Crippen LogP) is 2.25. The Balaban J connectivity index is 2.23. The molecule has 0 atom stereocenters. The number of nitriles is 1. The second-order valence-electron chi connectivity index (χ2n) is 3.84. The van der Waals surface area contributed by atoms with E-state index >= 15 is 0 Å². The van der Waals surface area contributed by atoms with Gasteiger partial charge in [0.25, 0.3) is 5.91 Å². The molecule has 7 heteroatoms. The number of carbonyl (C=O) groups is 1. The molecular formula is C13H10BrN5O. The van der Waals surface area contributed by atoms with Crippen LogP contribution in [0.15, 0.2) is 41.0 Å². The highest BCUT2D eigenvalue weighted by Crippen LogP contribution is 2.19. The molecule has 20 heavy (non-hydrogen) atoms. The smallest absolute Gasteiger partial charge is 0.259 e. The van der Waals surface area contributed by atoms with Crippen molar-refractivity contribution in [2.24, 2.45) is 5.84 Å². The Morgan fingerprint density at radius 1 is 1.35 bits per heavy atom. The number of carbonyl (C=O) groups excluding carboxylic acids is 1. The molecule has 0 bridgehead atoms. The van der Waals surface area contributed by atoms with Gasteiger partial charge in [-0.3, -0.25) is 4.79 Å². The number of nitrogens with two attached hydrogens (primary N) is 1. The van der Waals surface area contributed by atoms with Crippen LogP contribution in [0.4, 0.5) is 11.5 Å². The number of pyridine rings is 1. The van der Waals surface area contributed by atoms with Crippen LogP contribution in [0.3, 0.4) is 0 Å². The summed E-state index contributed by atoms with van der Waals surface area (Å²) in [6.07, 6.45) is 1.54. The molecule has 1 aromatic heterocycles. The SMILES string of the molecule is N#Cc1ccc(NC(=O)c2cc(Br)cnc2NN)cc1. The van der Waals surface area contributed by atoms with Crippen molar-refractivity contribution in [2.45, 2.75) is 0 Å². The first-order chi connectivity index (χ1) is 9.63. The standard InChI is InChI=1S/C13H10BrN5O/c14-9-5-11(12(19-16)17-7-9)13(20)18-10-3-1-8(6-15)2-4-10/h1-5,7H,16H2,(H,17,19)(H,18,20). The zero-order chi connectivity index (χ0) is 14.5. The number of aromatic nitrogens is 1. The number of nitrogens with one attached hydrogen (secondary N) is 2. The van der Waals surface area contributed by atoms with Crippen molar-refractivity contribution >= 4 is 33.3 Å². The minimum atomic E-state index is -0.351. The zero-order valence-electron chi connectivity index (χ0n) is 10.2. The maximum atomic E-state index is 12.2. The normalized spacial score (nSPS) is 9.65. The van der Waals surface area contributed by atoms with Gasteiger partial charge >= 0.3 is 0 Å². The summed E-state index contributed by atoms with van der Waals surface area (Å²) in [7, 11) is 0. The lowest BCUT2D eigenvalue weighted by Gasteiger charge is -2.09. The molecule has 0 saturated heterocycles. The fourth-order valence-corrected chi connectivity index (χ4v) is 1.89. The number of nitrogen functional groups attached to an aromatic ring is 1. The third kappa shape index (κ3) is 3.12. The van der Waals surface area contributed by atoms with Crippen molar-refractivity contribution in [3.05, 3.63) is 52.1 Å². The van der Waals surface area contributed by atoms with Gasteiger partial charge in [-0.2, -0.15) is 5.26 Å². The molecule has 6 nitrogen and oxygen atoms in total. The molecule has 2 aromatic rings. The van der Waals surface area contributed by atoms with Gasteiger partial charge in [0, 0.05) is 16.4 Å². The number of benzene rings is 1. The summed E-state index contributed by atoms with van der Waals surface area (Å²) < 4.78 is 0.668. The second-order valence-corrected chi connectivity index (χ2v) is 4.75. The lowest BCUT2D eigenvalue weighted by atomic mass is 10.2. The number of amides is 1. The average Bonchev–Trinajstić information content (AvgIpc) is 2.48. The Hall–Kier alpha value is -2.43. The molecule has 0 aliphatic rings. The molecule has 0 saturated carbocycles. The van der Waals surface area contributed by atoms with Gasteiger partial charge in [-0.1, -0.05) is 0 Å². The predicted molar refractivity (Wildman–Crippen MR) is 78.9 cm³/mol. The van der Waals surface area contributed by atoms with Crippen LogP contribution in [-0.4, -0.2) is 10.9 Å². The summed E-state index contributed by atoms with van der Waals surface area (Å²) in [5.41, 5.74) is 3.79. The molecule has 1 aromatic carbocycles. The molecule has 1 amide bonds. The van der Waals surface area contributed by atoms with E-state index in [2.05, 4.69) is 31.7 Å². The first kappa shape index (κ1) is 14.0. The van der Waals surface area contributed by atoms with Gasteiger partial charge in [0.05, 0.1) is 17.2 Å². The fourth-order valence-electron chi connectivity index (χ4n) is 1.55. The Labute approximate surface area is 123 Å². The van der Waals surface area contributed by atoms with E-state index in [1.54, 1.807) is 30.3 Å². The number of anilines is 2. The summed E-state index contributed by atoms with van der Waals surface area (Å²) in [5.74, 6) is 5.25. The van der Waals surface area contributed by atoms with E-state index < -0.39 is 0 Å². The van der Waals surface area contributed by atoms with Crippen LogP contribution >= 0.6 is 15.9 Å². The van der Waals surface area contributed by atoms with E-state index in [4.69, 9.17) is 11.1 Å². The topological polar surface area (TPSA) is 104 Å². The highest BCUT2D eigenvalue weighted by Gasteiger charge is 2.13. The molecule has 2 rings (SSSR count). The molecule has 0 aliphatic carbocycles. The quantitative estimate of drug-likeness (QED) is 0.591. The van der Waals surface area contributed by atoms with E-state index in [1.807, 2.05) is 6.07 Å².